The second kappa shape index (κ2) is 3.24. The molecule has 0 fully saturated rings. The molecule has 0 saturated carbocycles. The predicted molar refractivity (Wildman–Crippen MR) is 43.3 cm³/mol. The Labute approximate surface area is 70.6 Å². The van der Waals surface area contributed by atoms with Crippen LogP contribution in [-0.4, -0.2) is 14.9 Å². The summed E-state index contributed by atoms with van der Waals surface area (Å²) >= 11 is 5.61. The van der Waals surface area contributed by atoms with Crippen LogP contribution in [0.1, 0.15) is 20.1 Å². The number of aliphatic hydroxyl groups is 1. The maximum absolute atomic E-state index is 9.45. The number of nitrogens with zero attached hydrogens (tertiary/aromatic N) is 2. The first-order chi connectivity index (χ1) is 5.11. The van der Waals surface area contributed by atoms with Crippen molar-refractivity contribution in [2.75, 3.05) is 0 Å². The van der Waals surface area contributed by atoms with Crippen molar-refractivity contribution in [1.29, 1.82) is 0 Å². The zero-order valence-electron chi connectivity index (χ0n) is 6.53. The van der Waals surface area contributed by atoms with Gasteiger partial charge in [0.1, 0.15) is 6.23 Å². The van der Waals surface area contributed by atoms with Gasteiger partial charge < -0.3 is 5.11 Å². The van der Waals surface area contributed by atoms with E-state index >= 15 is 0 Å². The number of rotatable bonds is 2. The highest BCUT2D eigenvalue weighted by atomic mass is 35.5. The monoisotopic (exact) mass is 174 g/mol. The molecule has 1 heterocycles. The van der Waals surface area contributed by atoms with Crippen molar-refractivity contribution >= 4 is 11.6 Å². The van der Waals surface area contributed by atoms with E-state index in [1.807, 2.05) is 13.8 Å². The summed E-state index contributed by atoms with van der Waals surface area (Å²) in [6, 6.07) is 0. The molecule has 1 N–H and O–H groups in total. The van der Waals surface area contributed by atoms with E-state index in [1.54, 1.807) is 6.20 Å². The Bertz CT molecular complexity index is 234. The van der Waals surface area contributed by atoms with Gasteiger partial charge in [-0.2, -0.15) is 5.10 Å². The summed E-state index contributed by atoms with van der Waals surface area (Å²) in [6.45, 7) is 3.83. The SMILES string of the molecule is CC(C)C(O)n1cc(Cl)cn1. The van der Waals surface area contributed by atoms with E-state index in [1.165, 1.54) is 10.9 Å². The number of aliphatic hydroxyl groups excluding tert-OH is 1. The molecule has 1 rings (SSSR count). The Morgan fingerprint density at radius 1 is 1.64 bits per heavy atom. The molecule has 0 aromatic carbocycles. The van der Waals surface area contributed by atoms with Gasteiger partial charge in [0.2, 0.25) is 0 Å². The van der Waals surface area contributed by atoms with Gasteiger partial charge in [0.05, 0.1) is 11.2 Å². The van der Waals surface area contributed by atoms with Crippen LogP contribution in [0.25, 0.3) is 0 Å². The molecule has 1 atom stereocenters. The Kier molecular flexibility index (Phi) is 2.52. The minimum absolute atomic E-state index is 0.144. The Morgan fingerprint density at radius 3 is 2.64 bits per heavy atom. The first kappa shape index (κ1) is 8.56. The fraction of sp³-hybridized carbons (Fsp3) is 0.571. The van der Waals surface area contributed by atoms with Gasteiger partial charge >= 0.3 is 0 Å². The lowest BCUT2D eigenvalue weighted by molar-refractivity contribution is 0.0449. The summed E-state index contributed by atoms with van der Waals surface area (Å²) in [5.41, 5.74) is 0. The minimum Gasteiger partial charge on any atom is -0.371 e. The fourth-order valence-corrected chi connectivity index (χ4v) is 0.909. The summed E-state index contributed by atoms with van der Waals surface area (Å²) in [5.74, 6) is 0.144. The number of hydrogen-bond acceptors (Lipinski definition) is 2. The van der Waals surface area contributed by atoms with E-state index in [2.05, 4.69) is 5.10 Å². The lowest BCUT2D eigenvalue weighted by Crippen LogP contribution is -2.14. The molecule has 0 bridgehead atoms. The van der Waals surface area contributed by atoms with E-state index in [0.717, 1.165) is 0 Å². The van der Waals surface area contributed by atoms with Crippen molar-refractivity contribution in [2.24, 2.45) is 5.92 Å². The van der Waals surface area contributed by atoms with Crippen LogP contribution in [0.3, 0.4) is 0 Å². The second-order valence-electron chi connectivity index (χ2n) is 2.80. The van der Waals surface area contributed by atoms with Crippen LogP contribution >= 0.6 is 11.6 Å². The Morgan fingerprint density at radius 2 is 2.27 bits per heavy atom. The molecule has 0 aliphatic rings. The lowest BCUT2D eigenvalue weighted by Gasteiger charge is -2.13. The number of aromatic nitrogens is 2. The Balaban J connectivity index is 2.76. The largest absolute Gasteiger partial charge is 0.371 e. The molecular weight excluding hydrogens is 164 g/mol. The average Bonchev–Trinajstić information content (AvgIpc) is 2.34. The molecule has 1 aromatic rings. The maximum atomic E-state index is 9.45. The Hall–Kier alpha value is -0.540. The molecule has 0 saturated heterocycles. The van der Waals surface area contributed by atoms with Crippen LogP contribution in [-0.2, 0) is 0 Å². The molecule has 1 aromatic heterocycles. The highest BCUT2D eigenvalue weighted by Crippen LogP contribution is 2.15. The van der Waals surface area contributed by atoms with Crippen LogP contribution < -0.4 is 0 Å². The third-order valence-electron chi connectivity index (χ3n) is 1.44. The van der Waals surface area contributed by atoms with Crippen LogP contribution in [0.15, 0.2) is 12.4 Å². The molecule has 11 heavy (non-hydrogen) atoms. The maximum Gasteiger partial charge on any atom is 0.149 e. The van der Waals surface area contributed by atoms with Gasteiger partial charge in [-0.05, 0) is 5.92 Å². The molecule has 3 nitrogen and oxygen atoms in total. The molecule has 0 radical (unpaired) electrons. The molecule has 0 spiro atoms. The zero-order chi connectivity index (χ0) is 8.43. The van der Waals surface area contributed by atoms with Crippen molar-refractivity contribution in [3.63, 3.8) is 0 Å². The molecular formula is C7H11ClN2O. The van der Waals surface area contributed by atoms with Gasteiger partial charge in [0.15, 0.2) is 0 Å². The predicted octanol–water partition coefficient (Wildman–Crippen LogP) is 1.68. The first-order valence-electron chi connectivity index (χ1n) is 3.49. The van der Waals surface area contributed by atoms with Gasteiger partial charge in [0, 0.05) is 6.20 Å². The van der Waals surface area contributed by atoms with E-state index in [-0.39, 0.29) is 5.92 Å². The normalized spacial score (nSPS) is 13.9. The summed E-state index contributed by atoms with van der Waals surface area (Å²) in [6.07, 6.45) is 2.53. The minimum atomic E-state index is -0.581. The molecule has 62 valence electrons. The summed E-state index contributed by atoms with van der Waals surface area (Å²) in [7, 11) is 0. The number of halogens is 1. The third-order valence-corrected chi connectivity index (χ3v) is 1.63. The van der Waals surface area contributed by atoms with Gasteiger partial charge in [0.25, 0.3) is 0 Å². The van der Waals surface area contributed by atoms with Crippen LogP contribution in [0.2, 0.25) is 5.02 Å². The van der Waals surface area contributed by atoms with E-state index < -0.39 is 6.23 Å². The smallest absolute Gasteiger partial charge is 0.149 e. The molecule has 0 amide bonds. The van der Waals surface area contributed by atoms with Gasteiger partial charge in [-0.25, -0.2) is 4.68 Å². The quantitative estimate of drug-likeness (QED) is 0.741. The van der Waals surface area contributed by atoms with Gasteiger partial charge in [-0.15, -0.1) is 0 Å². The lowest BCUT2D eigenvalue weighted by atomic mass is 10.2. The highest BCUT2D eigenvalue weighted by molar-refractivity contribution is 6.30. The van der Waals surface area contributed by atoms with Gasteiger partial charge in [-0.3, -0.25) is 0 Å². The average molecular weight is 175 g/mol. The molecule has 1 unspecified atom stereocenters. The van der Waals surface area contributed by atoms with Crippen molar-refractivity contribution < 1.29 is 5.11 Å². The molecule has 0 aliphatic carbocycles. The van der Waals surface area contributed by atoms with E-state index in [0.29, 0.717) is 5.02 Å². The molecule has 4 heteroatoms. The van der Waals surface area contributed by atoms with Gasteiger partial charge in [-0.1, -0.05) is 25.4 Å². The van der Waals surface area contributed by atoms with Crippen molar-refractivity contribution in [2.45, 2.75) is 20.1 Å². The standard InChI is InChI=1S/C7H11ClN2O/c1-5(2)7(11)10-4-6(8)3-9-10/h3-5,7,11H,1-2H3. The van der Waals surface area contributed by atoms with Crippen molar-refractivity contribution in [1.82, 2.24) is 9.78 Å². The number of hydrogen-bond donors (Lipinski definition) is 1. The van der Waals surface area contributed by atoms with Crippen molar-refractivity contribution in [3.8, 4) is 0 Å². The topological polar surface area (TPSA) is 38.0 Å². The van der Waals surface area contributed by atoms with Crippen molar-refractivity contribution in [3.05, 3.63) is 17.4 Å². The zero-order valence-corrected chi connectivity index (χ0v) is 7.28. The summed E-state index contributed by atoms with van der Waals surface area (Å²) < 4.78 is 1.45. The van der Waals surface area contributed by atoms with Crippen LogP contribution in [0.5, 0.6) is 0 Å². The van der Waals surface area contributed by atoms with E-state index in [4.69, 9.17) is 11.6 Å². The first-order valence-corrected chi connectivity index (χ1v) is 3.87. The highest BCUT2D eigenvalue weighted by Gasteiger charge is 2.11. The van der Waals surface area contributed by atoms with Crippen LogP contribution in [0, 0.1) is 5.92 Å². The van der Waals surface area contributed by atoms with E-state index in [9.17, 15) is 5.11 Å². The summed E-state index contributed by atoms with van der Waals surface area (Å²) in [5, 5.41) is 13.9. The third kappa shape index (κ3) is 1.94. The molecule has 0 aliphatic heterocycles. The second-order valence-corrected chi connectivity index (χ2v) is 3.23. The van der Waals surface area contributed by atoms with Crippen LogP contribution in [0.4, 0.5) is 0 Å². The fourth-order valence-electron chi connectivity index (χ4n) is 0.765. The summed E-state index contributed by atoms with van der Waals surface area (Å²) in [4.78, 5) is 0.